The van der Waals surface area contributed by atoms with Crippen LogP contribution in [0.1, 0.15) is 19.8 Å². The third kappa shape index (κ3) is 3.85. The molecule has 2 aromatic carbocycles. The van der Waals surface area contributed by atoms with E-state index in [9.17, 15) is 0 Å². The predicted molar refractivity (Wildman–Crippen MR) is 133 cm³/mol. The highest BCUT2D eigenvalue weighted by Gasteiger charge is 2.34. The Kier molecular flexibility index (Phi) is 5.03. The second kappa shape index (κ2) is 8.08. The normalized spacial score (nSPS) is 19.8. The van der Waals surface area contributed by atoms with E-state index in [1.807, 2.05) is 6.07 Å². The lowest BCUT2D eigenvalue weighted by Crippen LogP contribution is -2.44. The van der Waals surface area contributed by atoms with Crippen molar-refractivity contribution in [2.75, 3.05) is 54.7 Å². The zero-order valence-corrected chi connectivity index (χ0v) is 19.1. The molecule has 7 nitrogen and oxygen atoms in total. The van der Waals surface area contributed by atoms with E-state index in [1.165, 1.54) is 5.69 Å². The number of piperidine rings is 1. The number of aromatic nitrogens is 1. The van der Waals surface area contributed by atoms with Gasteiger partial charge in [-0.15, -0.1) is 0 Å². The zero-order valence-electron chi connectivity index (χ0n) is 19.1. The Labute approximate surface area is 194 Å². The van der Waals surface area contributed by atoms with Crippen LogP contribution in [0.2, 0.25) is 0 Å². The van der Waals surface area contributed by atoms with Crippen LogP contribution in [0.3, 0.4) is 0 Å². The maximum Gasteiger partial charge on any atom is 0.135 e. The van der Waals surface area contributed by atoms with Crippen molar-refractivity contribution in [3.8, 4) is 5.75 Å². The molecular weight excluding hydrogens is 414 g/mol. The summed E-state index contributed by atoms with van der Waals surface area (Å²) >= 11 is 0. The van der Waals surface area contributed by atoms with Crippen LogP contribution in [0.5, 0.6) is 5.75 Å². The topological polar surface area (TPSA) is 75.9 Å². The lowest BCUT2D eigenvalue weighted by atomic mass is 9.90. The van der Waals surface area contributed by atoms with Gasteiger partial charge < -0.3 is 30.3 Å². The Morgan fingerprint density at radius 2 is 1.97 bits per heavy atom. The SMILES string of the molecule is CC1(COc2ccc3c(c2)NCN3c2ccc3cccc(N4CCC(N)CC4)c3n2)COC1. The van der Waals surface area contributed by atoms with Crippen LogP contribution in [0.4, 0.5) is 22.9 Å². The molecule has 0 bridgehead atoms. The van der Waals surface area contributed by atoms with Crippen LogP contribution in [-0.4, -0.2) is 50.6 Å². The molecule has 1 aromatic heterocycles. The molecule has 2 saturated heterocycles. The van der Waals surface area contributed by atoms with Crippen molar-refractivity contribution in [1.29, 1.82) is 0 Å². The first kappa shape index (κ1) is 20.6. The molecule has 6 rings (SSSR count). The van der Waals surface area contributed by atoms with Crippen molar-refractivity contribution in [2.24, 2.45) is 11.1 Å². The van der Waals surface area contributed by atoms with Gasteiger partial charge in [0.05, 0.1) is 49.1 Å². The number of pyridine rings is 1. The molecule has 7 heteroatoms. The van der Waals surface area contributed by atoms with Crippen molar-refractivity contribution in [3.05, 3.63) is 48.5 Å². The van der Waals surface area contributed by atoms with Crippen LogP contribution in [-0.2, 0) is 4.74 Å². The largest absolute Gasteiger partial charge is 0.493 e. The number of rotatable bonds is 5. The molecule has 3 aliphatic rings. The van der Waals surface area contributed by atoms with Gasteiger partial charge in [-0.3, -0.25) is 0 Å². The van der Waals surface area contributed by atoms with Crippen LogP contribution in [0.25, 0.3) is 10.9 Å². The number of nitrogens with one attached hydrogen (secondary N) is 1. The van der Waals surface area contributed by atoms with Crippen molar-refractivity contribution >= 4 is 33.8 Å². The summed E-state index contributed by atoms with van der Waals surface area (Å²) in [5.41, 5.74) is 10.7. The smallest absolute Gasteiger partial charge is 0.135 e. The van der Waals surface area contributed by atoms with E-state index in [1.54, 1.807) is 0 Å². The van der Waals surface area contributed by atoms with Crippen molar-refractivity contribution in [1.82, 2.24) is 4.98 Å². The minimum Gasteiger partial charge on any atom is -0.493 e. The fraction of sp³-hybridized carbons (Fsp3) is 0.423. The number of fused-ring (bicyclic) bond motifs is 2. The number of benzene rings is 2. The Hall–Kier alpha value is -3.03. The molecule has 0 unspecified atom stereocenters. The van der Waals surface area contributed by atoms with Crippen LogP contribution >= 0.6 is 0 Å². The number of nitrogens with zero attached hydrogens (tertiary/aromatic N) is 3. The molecule has 0 amide bonds. The van der Waals surface area contributed by atoms with Gasteiger partial charge in [-0.1, -0.05) is 19.1 Å². The first-order chi connectivity index (χ1) is 16.1. The second-order valence-electron chi connectivity index (χ2n) is 9.88. The third-order valence-corrected chi connectivity index (χ3v) is 7.02. The average Bonchev–Trinajstić information content (AvgIpc) is 3.25. The summed E-state index contributed by atoms with van der Waals surface area (Å²) in [5.74, 6) is 1.83. The molecule has 172 valence electrons. The second-order valence-corrected chi connectivity index (χ2v) is 9.88. The van der Waals surface area contributed by atoms with Crippen LogP contribution < -0.4 is 25.6 Å². The van der Waals surface area contributed by atoms with E-state index in [2.05, 4.69) is 64.5 Å². The summed E-state index contributed by atoms with van der Waals surface area (Å²) in [6, 6.07) is 17.3. The molecule has 3 aromatic rings. The van der Waals surface area contributed by atoms with Gasteiger partial charge in [0, 0.05) is 36.0 Å². The fourth-order valence-electron chi connectivity index (χ4n) is 4.89. The number of hydrogen-bond acceptors (Lipinski definition) is 7. The van der Waals surface area contributed by atoms with Gasteiger partial charge in [-0.2, -0.15) is 0 Å². The summed E-state index contributed by atoms with van der Waals surface area (Å²) in [6.45, 7) is 7.05. The predicted octanol–water partition coefficient (Wildman–Crippen LogP) is 4.10. The minimum absolute atomic E-state index is 0.130. The zero-order chi connectivity index (χ0) is 22.4. The van der Waals surface area contributed by atoms with Gasteiger partial charge in [-0.05, 0) is 43.2 Å². The van der Waals surface area contributed by atoms with Gasteiger partial charge >= 0.3 is 0 Å². The highest BCUT2D eigenvalue weighted by atomic mass is 16.5. The molecule has 0 spiro atoms. The highest BCUT2D eigenvalue weighted by Crippen LogP contribution is 2.40. The first-order valence-electron chi connectivity index (χ1n) is 11.8. The maximum absolute atomic E-state index is 6.13. The standard InChI is InChI=1S/C26H31N5O2/c1-26(14-32-15-26)16-33-20-6-7-22-21(13-20)28-17-31(22)24-8-5-18-3-2-4-23(25(18)29-24)30-11-9-19(27)10-12-30/h2-8,13,19,28H,9-12,14-17,27H2,1H3. The van der Waals surface area contributed by atoms with E-state index in [0.717, 1.165) is 73.0 Å². The molecule has 3 N–H and O–H groups in total. The summed E-state index contributed by atoms with van der Waals surface area (Å²) < 4.78 is 11.4. The van der Waals surface area contributed by atoms with Gasteiger partial charge in [0.25, 0.3) is 0 Å². The quantitative estimate of drug-likeness (QED) is 0.612. The Morgan fingerprint density at radius 3 is 2.76 bits per heavy atom. The lowest BCUT2D eigenvalue weighted by molar-refractivity contribution is -0.120. The lowest BCUT2D eigenvalue weighted by Gasteiger charge is -2.37. The summed E-state index contributed by atoms with van der Waals surface area (Å²) in [7, 11) is 0. The molecule has 0 saturated carbocycles. The van der Waals surface area contributed by atoms with E-state index in [-0.39, 0.29) is 5.41 Å². The molecule has 2 fully saturated rings. The monoisotopic (exact) mass is 445 g/mol. The van der Waals surface area contributed by atoms with Gasteiger partial charge in [0.1, 0.15) is 11.6 Å². The van der Waals surface area contributed by atoms with Crippen molar-refractivity contribution in [3.63, 3.8) is 0 Å². The highest BCUT2D eigenvalue weighted by molar-refractivity contribution is 5.93. The number of nitrogens with two attached hydrogens (primary N) is 1. The van der Waals surface area contributed by atoms with E-state index in [0.29, 0.717) is 19.3 Å². The fourth-order valence-corrected chi connectivity index (χ4v) is 4.89. The van der Waals surface area contributed by atoms with Crippen molar-refractivity contribution in [2.45, 2.75) is 25.8 Å². The molecule has 4 heterocycles. The number of hydrogen-bond donors (Lipinski definition) is 2. The van der Waals surface area contributed by atoms with E-state index < -0.39 is 0 Å². The van der Waals surface area contributed by atoms with Gasteiger partial charge in [0.2, 0.25) is 0 Å². The first-order valence-corrected chi connectivity index (χ1v) is 11.8. The molecule has 0 atom stereocenters. The van der Waals surface area contributed by atoms with E-state index >= 15 is 0 Å². The molecule has 3 aliphatic heterocycles. The molecule has 33 heavy (non-hydrogen) atoms. The number of anilines is 4. The summed E-state index contributed by atoms with van der Waals surface area (Å²) in [4.78, 5) is 9.78. The third-order valence-electron chi connectivity index (χ3n) is 7.02. The summed E-state index contributed by atoms with van der Waals surface area (Å²) in [6.07, 6.45) is 2.05. The van der Waals surface area contributed by atoms with Crippen LogP contribution in [0, 0.1) is 5.41 Å². The van der Waals surface area contributed by atoms with E-state index in [4.69, 9.17) is 20.2 Å². The van der Waals surface area contributed by atoms with Gasteiger partial charge in [0.15, 0.2) is 0 Å². The Balaban J connectivity index is 1.26. The minimum atomic E-state index is 0.130. The van der Waals surface area contributed by atoms with Crippen molar-refractivity contribution < 1.29 is 9.47 Å². The molecule has 0 aliphatic carbocycles. The van der Waals surface area contributed by atoms with Crippen LogP contribution in [0.15, 0.2) is 48.5 Å². The average molecular weight is 446 g/mol. The molecule has 0 radical (unpaired) electrons. The number of ether oxygens (including phenoxy) is 2. The Bertz CT molecular complexity index is 1170. The summed E-state index contributed by atoms with van der Waals surface area (Å²) in [5, 5.41) is 4.66. The Morgan fingerprint density at radius 1 is 1.12 bits per heavy atom. The number of para-hydroxylation sites is 1. The molecular formula is C26H31N5O2. The maximum atomic E-state index is 6.13. The van der Waals surface area contributed by atoms with Gasteiger partial charge in [-0.25, -0.2) is 4.98 Å².